The number of rotatable bonds is 6. The minimum atomic E-state index is -0.0237. The highest BCUT2D eigenvalue weighted by Gasteiger charge is 2.46. The molecule has 0 spiro atoms. The lowest BCUT2D eigenvalue weighted by Crippen LogP contribution is -2.14. The molecule has 0 heterocycles. The maximum absolute atomic E-state index is 9.25. The van der Waals surface area contributed by atoms with Crippen LogP contribution >= 0.6 is 11.6 Å². The summed E-state index contributed by atoms with van der Waals surface area (Å²) in [6, 6.07) is 5.73. The largest absolute Gasteiger partial charge is 0.490 e. The zero-order valence-electron chi connectivity index (χ0n) is 14.3. The lowest BCUT2D eigenvalue weighted by molar-refractivity contribution is 0.197. The summed E-state index contributed by atoms with van der Waals surface area (Å²) in [7, 11) is 0. The van der Waals surface area contributed by atoms with Gasteiger partial charge >= 0.3 is 0 Å². The van der Waals surface area contributed by atoms with Crippen LogP contribution in [0, 0.1) is 5.92 Å². The molecule has 25 heavy (non-hydrogen) atoms. The fourth-order valence-corrected chi connectivity index (χ4v) is 4.88. The van der Waals surface area contributed by atoms with Gasteiger partial charge in [-0.05, 0) is 48.8 Å². The van der Waals surface area contributed by atoms with Crippen molar-refractivity contribution in [3.63, 3.8) is 0 Å². The Hall–Kier alpha value is -1.49. The van der Waals surface area contributed by atoms with E-state index in [1.54, 1.807) is 0 Å². The molecule has 4 rings (SSSR count). The molecular weight excluding hydrogens is 340 g/mol. The molecule has 3 atom stereocenters. The lowest BCUT2D eigenvalue weighted by atomic mass is 9.82. The number of fused-ring (bicyclic) bond motifs is 6. The standard InChI is InChI=1S/C20H23ClO4/c1-11-8-12-9-15(11)18-17(12)20(25-7-5-23)16-10-13(21)2-3-14(16)19(18)24-6-4-22/h2-3,10-12,15,22-23H,4-9H2,1H3. The Morgan fingerprint density at radius 2 is 1.68 bits per heavy atom. The summed E-state index contributed by atoms with van der Waals surface area (Å²) in [6.07, 6.45) is 2.27. The van der Waals surface area contributed by atoms with E-state index in [2.05, 4.69) is 6.92 Å². The van der Waals surface area contributed by atoms with E-state index in [0.29, 0.717) is 22.8 Å². The molecule has 4 nitrogen and oxygen atoms in total. The summed E-state index contributed by atoms with van der Waals surface area (Å²) < 4.78 is 12.0. The number of benzene rings is 2. The second-order valence-corrected chi connectivity index (χ2v) is 7.51. The third-order valence-electron chi connectivity index (χ3n) is 5.59. The van der Waals surface area contributed by atoms with Crippen molar-refractivity contribution in [1.82, 2.24) is 0 Å². The number of halogens is 1. The van der Waals surface area contributed by atoms with E-state index in [4.69, 9.17) is 21.1 Å². The third kappa shape index (κ3) is 2.67. The molecule has 2 N–H and O–H groups in total. The smallest absolute Gasteiger partial charge is 0.131 e. The molecule has 0 saturated heterocycles. The number of ether oxygens (including phenoxy) is 2. The van der Waals surface area contributed by atoms with Crippen LogP contribution in [-0.2, 0) is 0 Å². The van der Waals surface area contributed by atoms with E-state index in [0.717, 1.165) is 35.1 Å². The van der Waals surface area contributed by atoms with Crippen molar-refractivity contribution in [1.29, 1.82) is 0 Å². The summed E-state index contributed by atoms with van der Waals surface area (Å²) in [5, 5.41) is 21.0. The predicted molar refractivity (Wildman–Crippen MR) is 98.0 cm³/mol. The van der Waals surface area contributed by atoms with Gasteiger partial charge in [0.05, 0.1) is 13.2 Å². The number of hydrogen-bond acceptors (Lipinski definition) is 4. The summed E-state index contributed by atoms with van der Waals surface area (Å²) in [5.74, 6) is 3.25. The number of aliphatic hydroxyl groups is 2. The Bertz CT molecular complexity index is 804. The van der Waals surface area contributed by atoms with Gasteiger partial charge in [0.2, 0.25) is 0 Å². The Morgan fingerprint density at radius 1 is 1.00 bits per heavy atom. The summed E-state index contributed by atoms with van der Waals surface area (Å²) in [4.78, 5) is 0. The molecule has 1 saturated carbocycles. The Balaban J connectivity index is 1.99. The Morgan fingerprint density at radius 3 is 2.36 bits per heavy atom. The highest BCUT2D eigenvalue weighted by atomic mass is 35.5. The van der Waals surface area contributed by atoms with Gasteiger partial charge in [-0.15, -0.1) is 0 Å². The summed E-state index contributed by atoms with van der Waals surface area (Å²) >= 11 is 6.25. The minimum absolute atomic E-state index is 0.0176. The Kier molecular flexibility index (Phi) is 4.52. The predicted octanol–water partition coefficient (Wildman–Crippen LogP) is 3.85. The van der Waals surface area contributed by atoms with Crippen LogP contribution in [0.4, 0.5) is 0 Å². The van der Waals surface area contributed by atoms with Gasteiger partial charge in [-0.2, -0.15) is 0 Å². The quantitative estimate of drug-likeness (QED) is 0.819. The van der Waals surface area contributed by atoms with Crippen molar-refractivity contribution in [2.75, 3.05) is 26.4 Å². The second-order valence-electron chi connectivity index (χ2n) is 7.07. The van der Waals surface area contributed by atoms with Crippen LogP contribution < -0.4 is 9.47 Å². The van der Waals surface area contributed by atoms with Crippen molar-refractivity contribution in [2.45, 2.75) is 31.6 Å². The van der Waals surface area contributed by atoms with Gasteiger partial charge in [0.1, 0.15) is 24.7 Å². The minimum Gasteiger partial charge on any atom is -0.490 e. The van der Waals surface area contributed by atoms with Crippen molar-refractivity contribution in [2.24, 2.45) is 5.92 Å². The molecule has 2 aliphatic rings. The molecule has 0 aliphatic heterocycles. The van der Waals surface area contributed by atoms with Gasteiger partial charge < -0.3 is 19.7 Å². The van der Waals surface area contributed by atoms with Gasteiger partial charge in [0.25, 0.3) is 0 Å². The van der Waals surface area contributed by atoms with Crippen molar-refractivity contribution in [3.05, 3.63) is 34.3 Å². The molecule has 2 aliphatic carbocycles. The zero-order chi connectivity index (χ0) is 17.6. The van der Waals surface area contributed by atoms with Crippen LogP contribution in [0.5, 0.6) is 11.5 Å². The van der Waals surface area contributed by atoms with Crippen LogP contribution in [-0.4, -0.2) is 36.6 Å². The fraction of sp³-hybridized carbons (Fsp3) is 0.500. The first-order valence-electron chi connectivity index (χ1n) is 8.92. The molecule has 3 unspecified atom stereocenters. The topological polar surface area (TPSA) is 58.9 Å². The van der Waals surface area contributed by atoms with Crippen molar-refractivity contribution >= 4 is 22.4 Å². The lowest BCUT2D eigenvalue weighted by Gasteiger charge is -2.28. The van der Waals surface area contributed by atoms with Crippen molar-refractivity contribution < 1.29 is 19.7 Å². The molecule has 0 amide bonds. The monoisotopic (exact) mass is 362 g/mol. The zero-order valence-corrected chi connectivity index (χ0v) is 15.1. The molecule has 2 aromatic rings. The highest BCUT2D eigenvalue weighted by Crippen LogP contribution is 2.63. The molecule has 1 fully saturated rings. The first kappa shape index (κ1) is 17.0. The first-order chi connectivity index (χ1) is 12.2. The average molecular weight is 363 g/mol. The molecular formula is C20H23ClO4. The van der Waals surface area contributed by atoms with Crippen LogP contribution in [0.25, 0.3) is 10.8 Å². The molecule has 0 radical (unpaired) electrons. The Labute approximate surface area is 152 Å². The summed E-state index contributed by atoms with van der Waals surface area (Å²) in [5.41, 5.74) is 2.46. The molecule has 134 valence electrons. The van der Waals surface area contributed by atoms with E-state index >= 15 is 0 Å². The van der Waals surface area contributed by atoms with Gasteiger partial charge in [0.15, 0.2) is 0 Å². The fourth-order valence-electron chi connectivity index (χ4n) is 4.70. The molecule has 2 bridgehead atoms. The molecule has 2 aromatic carbocycles. The van der Waals surface area contributed by atoms with Gasteiger partial charge in [-0.3, -0.25) is 0 Å². The highest BCUT2D eigenvalue weighted by molar-refractivity contribution is 6.31. The third-order valence-corrected chi connectivity index (χ3v) is 5.82. The van der Waals surface area contributed by atoms with Crippen LogP contribution in [0.2, 0.25) is 5.02 Å². The van der Waals surface area contributed by atoms with Crippen LogP contribution in [0.3, 0.4) is 0 Å². The maximum atomic E-state index is 9.25. The van der Waals surface area contributed by atoms with E-state index in [-0.39, 0.29) is 26.4 Å². The molecule has 0 aromatic heterocycles. The molecule has 5 heteroatoms. The van der Waals surface area contributed by atoms with Gasteiger partial charge in [0, 0.05) is 26.9 Å². The van der Waals surface area contributed by atoms with E-state index in [1.165, 1.54) is 11.1 Å². The van der Waals surface area contributed by atoms with Gasteiger partial charge in [-0.1, -0.05) is 18.5 Å². The number of aliphatic hydroxyl groups excluding tert-OH is 2. The van der Waals surface area contributed by atoms with E-state index in [1.807, 2.05) is 18.2 Å². The van der Waals surface area contributed by atoms with Gasteiger partial charge in [-0.25, -0.2) is 0 Å². The van der Waals surface area contributed by atoms with E-state index < -0.39 is 0 Å². The normalized spacial score (nSPS) is 23.9. The van der Waals surface area contributed by atoms with E-state index in [9.17, 15) is 10.2 Å². The van der Waals surface area contributed by atoms with Crippen LogP contribution in [0.15, 0.2) is 18.2 Å². The maximum Gasteiger partial charge on any atom is 0.131 e. The number of hydrogen-bond donors (Lipinski definition) is 2. The SMILES string of the molecule is CC1CC2CC1c1c2c(OCCO)c2cc(Cl)ccc2c1OCCO. The van der Waals surface area contributed by atoms with Crippen molar-refractivity contribution in [3.8, 4) is 11.5 Å². The first-order valence-corrected chi connectivity index (χ1v) is 9.29. The second kappa shape index (κ2) is 6.67. The van der Waals surface area contributed by atoms with Crippen LogP contribution in [0.1, 0.15) is 42.7 Å². The average Bonchev–Trinajstić information content (AvgIpc) is 3.15. The summed E-state index contributed by atoms with van der Waals surface area (Å²) in [6.45, 7) is 2.79.